The number of aromatic nitrogens is 1. The third-order valence-corrected chi connectivity index (χ3v) is 7.67. The Morgan fingerprint density at radius 3 is 2.48 bits per heavy atom. The molecule has 6 rings (SSSR count). The Kier molecular flexibility index (Phi) is 7.59. The number of hydrogen-bond donors (Lipinski definition) is 2. The van der Waals surface area contributed by atoms with E-state index in [4.69, 9.17) is 19.4 Å². The smallest absolute Gasteiger partial charge is 0.301 e. The summed E-state index contributed by atoms with van der Waals surface area (Å²) >= 11 is 4.82. The van der Waals surface area contributed by atoms with Crippen LogP contribution < -0.4 is 14.4 Å². The zero-order valence-electron chi connectivity index (χ0n) is 21.4. The summed E-state index contributed by atoms with van der Waals surface area (Å²) in [5.74, 6) is -1.60. The van der Waals surface area contributed by atoms with Gasteiger partial charge in [-0.05, 0) is 60.5 Å². The fourth-order valence-electron chi connectivity index (χ4n) is 4.49. The quantitative estimate of drug-likeness (QED) is 0.165. The highest BCUT2D eigenvalue weighted by molar-refractivity contribution is 9.10. The molecule has 2 N–H and O–H groups in total. The monoisotopic (exact) mass is 622 g/mol. The van der Waals surface area contributed by atoms with Crippen molar-refractivity contribution < 1.29 is 34.1 Å². The number of aliphatic hydroxyl groups excluding tert-OH is 1. The van der Waals surface area contributed by atoms with Gasteiger partial charge in [0.2, 0.25) is 0 Å². The number of thiazole rings is 1. The van der Waals surface area contributed by atoms with Crippen molar-refractivity contribution in [3.63, 3.8) is 0 Å². The SMILES string of the molecule is CC(=O)O.Cc1ccc2nc(N3C(=O)C(=O)/C(=C(/O)c4ccc5c(c4)OCCO5)C3c3cccc(Br)c3)sc2c1. The third-order valence-electron chi connectivity index (χ3n) is 6.16. The Bertz CT molecular complexity index is 1690. The molecule has 1 saturated heterocycles. The highest BCUT2D eigenvalue weighted by Gasteiger charge is 2.48. The molecule has 1 aromatic heterocycles. The Morgan fingerprint density at radius 1 is 1.02 bits per heavy atom. The van der Waals surface area contributed by atoms with Gasteiger partial charge in [0, 0.05) is 17.0 Å². The molecule has 0 saturated carbocycles. The zero-order chi connectivity index (χ0) is 28.6. The summed E-state index contributed by atoms with van der Waals surface area (Å²) in [4.78, 5) is 41.9. The molecule has 0 spiro atoms. The van der Waals surface area contributed by atoms with Gasteiger partial charge in [-0.2, -0.15) is 0 Å². The van der Waals surface area contributed by atoms with Gasteiger partial charge in [-0.25, -0.2) is 4.98 Å². The summed E-state index contributed by atoms with van der Waals surface area (Å²) in [5, 5.41) is 19.2. The number of ketones is 1. The molecule has 11 heteroatoms. The molecule has 3 aromatic carbocycles. The first kappa shape index (κ1) is 27.4. The van der Waals surface area contributed by atoms with Gasteiger partial charge in [0.1, 0.15) is 19.0 Å². The average molecular weight is 623 g/mol. The number of rotatable bonds is 3. The van der Waals surface area contributed by atoms with Crippen LogP contribution in [0, 0.1) is 6.92 Å². The van der Waals surface area contributed by atoms with Crippen molar-refractivity contribution in [3.05, 3.63) is 87.4 Å². The summed E-state index contributed by atoms with van der Waals surface area (Å²) in [5.41, 5.74) is 2.82. The van der Waals surface area contributed by atoms with Gasteiger partial charge in [-0.3, -0.25) is 19.3 Å². The predicted molar refractivity (Wildman–Crippen MR) is 154 cm³/mol. The van der Waals surface area contributed by atoms with Crippen molar-refractivity contribution in [1.29, 1.82) is 0 Å². The topological polar surface area (TPSA) is 126 Å². The molecule has 0 radical (unpaired) electrons. The number of anilines is 1. The number of aliphatic hydroxyl groups is 1. The minimum atomic E-state index is -0.864. The Hall–Kier alpha value is -4.22. The lowest BCUT2D eigenvalue weighted by Gasteiger charge is -2.23. The fourth-order valence-corrected chi connectivity index (χ4v) is 6.00. The second-order valence-corrected chi connectivity index (χ2v) is 11.0. The lowest BCUT2D eigenvalue weighted by atomic mass is 9.95. The maximum absolute atomic E-state index is 13.4. The lowest BCUT2D eigenvalue weighted by Crippen LogP contribution is -2.29. The van der Waals surface area contributed by atoms with Crippen molar-refractivity contribution in [2.45, 2.75) is 19.9 Å². The van der Waals surface area contributed by atoms with E-state index < -0.39 is 23.7 Å². The second kappa shape index (κ2) is 11.1. The van der Waals surface area contributed by atoms with Gasteiger partial charge in [0.15, 0.2) is 16.6 Å². The first-order valence-corrected chi connectivity index (χ1v) is 13.8. The van der Waals surface area contributed by atoms with Crippen molar-refractivity contribution in [2.24, 2.45) is 0 Å². The van der Waals surface area contributed by atoms with E-state index in [0.29, 0.717) is 41.0 Å². The van der Waals surface area contributed by atoms with E-state index in [1.54, 1.807) is 18.2 Å². The molecule has 4 aromatic rings. The summed E-state index contributed by atoms with van der Waals surface area (Å²) in [6, 6.07) is 17.3. The number of carbonyl (C=O) groups excluding carboxylic acids is 2. The Morgan fingerprint density at radius 2 is 1.75 bits per heavy atom. The minimum absolute atomic E-state index is 0.00906. The van der Waals surface area contributed by atoms with Crippen LogP contribution in [-0.4, -0.2) is 46.1 Å². The number of halogens is 1. The molecule has 9 nitrogen and oxygen atoms in total. The maximum atomic E-state index is 13.4. The molecule has 3 heterocycles. The number of nitrogens with zero attached hydrogens (tertiary/aromatic N) is 2. The Labute approximate surface area is 241 Å². The van der Waals surface area contributed by atoms with Crippen LogP contribution in [0.1, 0.15) is 29.7 Å². The van der Waals surface area contributed by atoms with Gasteiger partial charge in [0.25, 0.3) is 11.8 Å². The molecule has 204 valence electrons. The zero-order valence-corrected chi connectivity index (χ0v) is 23.8. The minimum Gasteiger partial charge on any atom is -0.507 e. The molecule has 40 heavy (non-hydrogen) atoms. The standard InChI is InChI=1S/C27H19BrN2O5S.C2H4O2/c1-14-5-7-18-21(11-14)36-27(29-18)30-23(15-3-2-4-17(28)12-15)22(25(32)26(30)33)24(31)16-6-8-19-20(13-16)35-10-9-34-19;1-2(3)4/h2-8,11-13,23,31H,9-10H2,1H3;1H3,(H,3,4)/b24-22+;. The number of aryl methyl sites for hydroxylation is 1. The molecular weight excluding hydrogens is 600 g/mol. The van der Waals surface area contributed by atoms with E-state index in [0.717, 1.165) is 27.2 Å². The first-order chi connectivity index (χ1) is 19.1. The molecule has 1 amide bonds. The van der Waals surface area contributed by atoms with Crippen molar-refractivity contribution in [1.82, 2.24) is 4.98 Å². The van der Waals surface area contributed by atoms with Crippen LogP contribution in [0.25, 0.3) is 16.0 Å². The number of carboxylic acid groups (broad SMARTS) is 1. The maximum Gasteiger partial charge on any atom is 0.301 e. The molecule has 2 aliphatic rings. The van der Waals surface area contributed by atoms with Gasteiger partial charge in [0.05, 0.1) is 21.8 Å². The van der Waals surface area contributed by atoms with Crippen LogP contribution in [0.2, 0.25) is 0 Å². The van der Waals surface area contributed by atoms with E-state index in [2.05, 4.69) is 20.9 Å². The molecular formula is C29H23BrN2O7S. The van der Waals surface area contributed by atoms with Crippen molar-refractivity contribution in [3.8, 4) is 11.5 Å². The average Bonchev–Trinajstić information content (AvgIpc) is 3.45. The van der Waals surface area contributed by atoms with Crippen molar-refractivity contribution in [2.75, 3.05) is 18.1 Å². The summed E-state index contributed by atoms with van der Waals surface area (Å²) < 4.78 is 12.9. The number of fused-ring (bicyclic) bond motifs is 2. The normalized spacial score (nSPS) is 17.5. The number of ether oxygens (including phenoxy) is 2. The molecule has 1 atom stereocenters. The Balaban J connectivity index is 0.000000758. The van der Waals surface area contributed by atoms with Crippen molar-refractivity contribution >= 4 is 66.0 Å². The number of benzene rings is 3. The van der Waals surface area contributed by atoms with Crippen LogP contribution in [0.4, 0.5) is 5.13 Å². The van der Waals surface area contributed by atoms with Crippen LogP contribution in [0.3, 0.4) is 0 Å². The van der Waals surface area contributed by atoms with E-state index in [1.165, 1.54) is 16.2 Å². The number of carbonyl (C=O) groups is 3. The van der Waals surface area contributed by atoms with Crippen LogP contribution in [-0.2, 0) is 14.4 Å². The second-order valence-electron chi connectivity index (χ2n) is 9.07. The van der Waals surface area contributed by atoms with Crippen LogP contribution >= 0.6 is 27.3 Å². The number of Topliss-reactive ketones (excluding diaryl/α,β-unsaturated/α-hetero) is 1. The molecule has 0 aliphatic carbocycles. The summed E-state index contributed by atoms with van der Waals surface area (Å²) in [7, 11) is 0. The number of carboxylic acids is 1. The van der Waals surface area contributed by atoms with Gasteiger partial charge in [-0.15, -0.1) is 0 Å². The molecule has 1 unspecified atom stereocenters. The van der Waals surface area contributed by atoms with E-state index in [9.17, 15) is 14.7 Å². The predicted octanol–water partition coefficient (Wildman–Crippen LogP) is 5.86. The molecule has 0 bridgehead atoms. The van der Waals surface area contributed by atoms with E-state index in [-0.39, 0.29) is 11.3 Å². The number of aliphatic carboxylic acids is 1. The number of amides is 1. The molecule has 2 aliphatic heterocycles. The fraction of sp³-hybridized carbons (Fsp3) is 0.172. The molecule has 1 fully saturated rings. The third kappa shape index (κ3) is 5.30. The van der Waals surface area contributed by atoms with Gasteiger partial charge in [-0.1, -0.05) is 45.5 Å². The van der Waals surface area contributed by atoms with Gasteiger partial charge < -0.3 is 19.7 Å². The lowest BCUT2D eigenvalue weighted by molar-refractivity contribution is -0.134. The van der Waals surface area contributed by atoms with Gasteiger partial charge >= 0.3 is 5.91 Å². The van der Waals surface area contributed by atoms with Crippen LogP contribution in [0.15, 0.2) is 70.7 Å². The van der Waals surface area contributed by atoms with Crippen LogP contribution in [0.5, 0.6) is 11.5 Å². The highest BCUT2D eigenvalue weighted by Crippen LogP contribution is 2.45. The van der Waals surface area contributed by atoms with E-state index in [1.807, 2.05) is 49.4 Å². The van der Waals surface area contributed by atoms with E-state index >= 15 is 0 Å². The summed E-state index contributed by atoms with van der Waals surface area (Å²) in [6.45, 7) is 3.89. The highest BCUT2D eigenvalue weighted by atomic mass is 79.9. The number of hydrogen-bond acceptors (Lipinski definition) is 8. The largest absolute Gasteiger partial charge is 0.507 e. The first-order valence-electron chi connectivity index (χ1n) is 12.2. The summed E-state index contributed by atoms with van der Waals surface area (Å²) in [6.07, 6.45) is 0.